The quantitative estimate of drug-likeness (QED) is 0.308. The summed E-state index contributed by atoms with van der Waals surface area (Å²) in [5, 5.41) is 10.9. The number of nitrogen functional groups attached to an aromatic ring is 1. The lowest BCUT2D eigenvalue weighted by Gasteiger charge is -2.30. The SMILES string of the molecule is Cc1cc(NC(=O)Nc2ccc(-c3nn(C4CC4)c4ccnc(N)c34)cc2F)ccc1N1CCCCC1. The number of carbonyl (C=O) groups excluding carboxylic acids is 1. The number of halogens is 1. The minimum atomic E-state index is -0.555. The molecule has 6 rings (SSSR count). The first kappa shape index (κ1) is 23.3. The number of carbonyl (C=O) groups is 1. The third-order valence-electron chi connectivity index (χ3n) is 7.18. The predicted molar refractivity (Wildman–Crippen MR) is 145 cm³/mol. The summed E-state index contributed by atoms with van der Waals surface area (Å²) < 4.78 is 17.1. The van der Waals surface area contributed by atoms with Crippen LogP contribution in [0.2, 0.25) is 0 Å². The number of aryl methyl sites for hydroxylation is 1. The van der Waals surface area contributed by atoms with Crippen molar-refractivity contribution in [1.29, 1.82) is 0 Å². The molecule has 2 aromatic carbocycles. The van der Waals surface area contributed by atoms with Crippen LogP contribution in [0.5, 0.6) is 0 Å². The molecule has 0 bridgehead atoms. The molecule has 4 aromatic rings. The fourth-order valence-corrected chi connectivity index (χ4v) is 5.18. The van der Waals surface area contributed by atoms with E-state index in [4.69, 9.17) is 10.8 Å². The van der Waals surface area contributed by atoms with Crippen molar-refractivity contribution in [3.63, 3.8) is 0 Å². The van der Waals surface area contributed by atoms with Gasteiger partial charge in [-0.1, -0.05) is 6.07 Å². The number of aromatic nitrogens is 3. The summed E-state index contributed by atoms with van der Waals surface area (Å²) >= 11 is 0. The van der Waals surface area contributed by atoms with E-state index in [9.17, 15) is 4.79 Å². The van der Waals surface area contributed by atoms with Gasteiger partial charge in [0.25, 0.3) is 0 Å². The fourth-order valence-electron chi connectivity index (χ4n) is 5.18. The highest BCUT2D eigenvalue weighted by Crippen LogP contribution is 2.41. The van der Waals surface area contributed by atoms with Crippen LogP contribution >= 0.6 is 0 Å². The number of benzene rings is 2. The van der Waals surface area contributed by atoms with Crippen LogP contribution in [0.15, 0.2) is 48.7 Å². The molecule has 0 unspecified atom stereocenters. The Hall–Kier alpha value is -4.14. The molecule has 1 aliphatic carbocycles. The van der Waals surface area contributed by atoms with E-state index in [2.05, 4.69) is 20.5 Å². The Morgan fingerprint density at radius 1 is 1.05 bits per heavy atom. The van der Waals surface area contributed by atoms with Crippen LogP contribution in [0.25, 0.3) is 22.2 Å². The second kappa shape index (κ2) is 9.38. The van der Waals surface area contributed by atoms with Crippen LogP contribution < -0.4 is 21.3 Å². The number of hydrogen-bond donors (Lipinski definition) is 3. The third-order valence-corrected chi connectivity index (χ3v) is 7.18. The maximum atomic E-state index is 15.1. The van der Waals surface area contributed by atoms with E-state index in [0.717, 1.165) is 42.4 Å². The summed E-state index contributed by atoms with van der Waals surface area (Å²) in [6.07, 6.45) is 7.47. The van der Waals surface area contributed by atoms with Gasteiger partial charge in [0.05, 0.1) is 22.6 Å². The summed E-state index contributed by atoms with van der Waals surface area (Å²) in [7, 11) is 0. The van der Waals surface area contributed by atoms with Crippen LogP contribution in [-0.4, -0.2) is 33.9 Å². The monoisotopic (exact) mass is 499 g/mol. The molecule has 37 heavy (non-hydrogen) atoms. The number of rotatable bonds is 5. The summed E-state index contributed by atoms with van der Waals surface area (Å²) in [6.45, 7) is 4.16. The van der Waals surface area contributed by atoms with Gasteiger partial charge < -0.3 is 21.3 Å². The van der Waals surface area contributed by atoms with Gasteiger partial charge in [-0.25, -0.2) is 14.2 Å². The number of urea groups is 1. The van der Waals surface area contributed by atoms with Crippen molar-refractivity contribution < 1.29 is 9.18 Å². The third kappa shape index (κ3) is 4.57. The van der Waals surface area contributed by atoms with Gasteiger partial charge in [0.1, 0.15) is 17.3 Å². The molecule has 2 amide bonds. The lowest BCUT2D eigenvalue weighted by molar-refractivity contribution is 0.262. The van der Waals surface area contributed by atoms with E-state index in [0.29, 0.717) is 28.8 Å². The van der Waals surface area contributed by atoms with Gasteiger partial charge in [-0.3, -0.25) is 4.68 Å². The summed E-state index contributed by atoms with van der Waals surface area (Å²) in [4.78, 5) is 19.2. The van der Waals surface area contributed by atoms with Gasteiger partial charge in [-0.2, -0.15) is 5.10 Å². The van der Waals surface area contributed by atoms with Crippen molar-refractivity contribution in [2.75, 3.05) is 34.4 Å². The highest BCUT2D eigenvalue weighted by Gasteiger charge is 2.28. The van der Waals surface area contributed by atoms with E-state index >= 15 is 4.39 Å². The lowest BCUT2D eigenvalue weighted by atomic mass is 10.1. The van der Waals surface area contributed by atoms with E-state index in [1.54, 1.807) is 18.3 Å². The van der Waals surface area contributed by atoms with Crippen LogP contribution in [0.4, 0.5) is 32.1 Å². The minimum Gasteiger partial charge on any atom is -0.383 e. The minimum absolute atomic E-state index is 0.0833. The Morgan fingerprint density at radius 2 is 1.86 bits per heavy atom. The molecule has 0 spiro atoms. The summed E-state index contributed by atoms with van der Waals surface area (Å²) in [5.41, 5.74) is 11.3. The molecule has 2 aromatic heterocycles. The first-order chi connectivity index (χ1) is 18.0. The zero-order chi connectivity index (χ0) is 25.5. The van der Waals surface area contributed by atoms with Gasteiger partial charge >= 0.3 is 6.03 Å². The molecule has 1 aliphatic heterocycles. The Bertz CT molecular complexity index is 1490. The zero-order valence-electron chi connectivity index (χ0n) is 20.8. The van der Waals surface area contributed by atoms with Crippen molar-refractivity contribution in [2.45, 2.75) is 45.1 Å². The van der Waals surface area contributed by atoms with Crippen molar-refractivity contribution in [3.8, 4) is 11.3 Å². The average molecular weight is 500 g/mol. The summed E-state index contributed by atoms with van der Waals surface area (Å²) in [6, 6.07) is 12.2. The van der Waals surface area contributed by atoms with E-state index in [-0.39, 0.29) is 5.69 Å². The molecule has 0 atom stereocenters. The lowest BCUT2D eigenvalue weighted by Crippen LogP contribution is -2.30. The molecule has 0 radical (unpaired) electrons. The van der Waals surface area contributed by atoms with Crippen LogP contribution in [0, 0.1) is 12.7 Å². The Morgan fingerprint density at radius 3 is 2.59 bits per heavy atom. The molecule has 1 saturated heterocycles. The van der Waals surface area contributed by atoms with Crippen LogP contribution in [0.1, 0.15) is 43.7 Å². The smallest absolute Gasteiger partial charge is 0.323 e. The maximum absolute atomic E-state index is 15.1. The van der Waals surface area contributed by atoms with Crippen molar-refractivity contribution in [2.24, 2.45) is 0 Å². The molecule has 3 heterocycles. The average Bonchev–Trinajstić information content (AvgIpc) is 3.66. The topological polar surface area (TPSA) is 101 Å². The fraction of sp³-hybridized carbons (Fsp3) is 0.321. The molecule has 2 fully saturated rings. The molecular weight excluding hydrogens is 469 g/mol. The molecule has 4 N–H and O–H groups in total. The number of anilines is 4. The second-order valence-corrected chi connectivity index (χ2v) is 9.94. The second-order valence-electron chi connectivity index (χ2n) is 9.94. The Labute approximate surface area is 214 Å². The van der Waals surface area contributed by atoms with Gasteiger partial charge in [0.15, 0.2) is 0 Å². The molecule has 2 aliphatic rings. The summed E-state index contributed by atoms with van der Waals surface area (Å²) in [5.74, 6) is -0.191. The molecular formula is C28H30FN7O. The highest BCUT2D eigenvalue weighted by atomic mass is 19.1. The van der Waals surface area contributed by atoms with Gasteiger partial charge in [-0.05, 0) is 81.0 Å². The normalized spacial score (nSPS) is 15.7. The van der Waals surface area contributed by atoms with Crippen LogP contribution in [0.3, 0.4) is 0 Å². The van der Waals surface area contributed by atoms with Crippen molar-refractivity contribution in [3.05, 3.63) is 60.0 Å². The Kier molecular flexibility index (Phi) is 5.90. The molecule has 190 valence electrons. The number of fused-ring (bicyclic) bond motifs is 1. The van der Waals surface area contributed by atoms with E-state index < -0.39 is 11.8 Å². The molecule has 9 heteroatoms. The number of piperidine rings is 1. The number of pyridine rings is 1. The van der Waals surface area contributed by atoms with Gasteiger partial charge in [0, 0.05) is 36.2 Å². The molecule has 8 nitrogen and oxygen atoms in total. The van der Waals surface area contributed by atoms with E-state index in [1.165, 1.54) is 31.0 Å². The first-order valence-electron chi connectivity index (χ1n) is 12.8. The number of nitrogens with two attached hydrogens (primary N) is 1. The largest absolute Gasteiger partial charge is 0.383 e. The first-order valence-corrected chi connectivity index (χ1v) is 12.8. The zero-order valence-corrected chi connectivity index (χ0v) is 20.8. The highest BCUT2D eigenvalue weighted by molar-refractivity contribution is 6.02. The standard InChI is InChI=1S/C28H30FN7O/c1-17-15-19(6-10-23(17)35-13-3-2-4-14-35)32-28(37)33-22-9-5-18(16-21(22)29)26-25-24(11-12-31-27(25)30)36(34-26)20-7-8-20/h5-6,9-12,15-16,20H,2-4,7-8,13-14H2,1H3,(H2,30,31)(H2,32,33,37). The predicted octanol–water partition coefficient (Wildman–Crippen LogP) is 6.10. The number of hydrogen-bond acceptors (Lipinski definition) is 5. The Balaban J connectivity index is 1.19. The maximum Gasteiger partial charge on any atom is 0.323 e. The van der Waals surface area contributed by atoms with Gasteiger partial charge in [0.2, 0.25) is 0 Å². The van der Waals surface area contributed by atoms with Gasteiger partial charge in [-0.15, -0.1) is 0 Å². The number of nitrogens with one attached hydrogen (secondary N) is 2. The molecule has 1 saturated carbocycles. The van der Waals surface area contributed by atoms with E-state index in [1.807, 2.05) is 35.9 Å². The van der Waals surface area contributed by atoms with Crippen molar-refractivity contribution >= 4 is 39.8 Å². The van der Waals surface area contributed by atoms with Crippen molar-refractivity contribution in [1.82, 2.24) is 14.8 Å². The van der Waals surface area contributed by atoms with Crippen LogP contribution in [-0.2, 0) is 0 Å². The number of nitrogens with zero attached hydrogens (tertiary/aromatic N) is 4. The number of amides is 2.